The number of hydrogen-bond donors (Lipinski definition) is 1. The van der Waals surface area contributed by atoms with Crippen LogP contribution in [0.4, 0.5) is 5.82 Å². The van der Waals surface area contributed by atoms with Crippen molar-refractivity contribution >= 4 is 5.82 Å². The first-order valence-corrected chi connectivity index (χ1v) is 6.63. The smallest absolute Gasteiger partial charge is 0.127 e. The second kappa shape index (κ2) is 5.74. The van der Waals surface area contributed by atoms with Crippen molar-refractivity contribution < 1.29 is 0 Å². The first-order valence-electron chi connectivity index (χ1n) is 6.63. The number of nitrogens with two attached hydrogens (primary N) is 1. The summed E-state index contributed by atoms with van der Waals surface area (Å²) in [4.78, 5) is 4.71. The van der Waals surface area contributed by atoms with Crippen molar-refractivity contribution in [3.63, 3.8) is 0 Å². The Labute approximate surface area is 114 Å². The van der Waals surface area contributed by atoms with Crippen LogP contribution in [-0.4, -0.2) is 9.55 Å². The Morgan fingerprint density at radius 3 is 2.58 bits per heavy atom. The summed E-state index contributed by atoms with van der Waals surface area (Å²) in [6, 6.07) is 10.3. The molecule has 2 rings (SSSR count). The van der Waals surface area contributed by atoms with Crippen molar-refractivity contribution in [3.05, 3.63) is 60.1 Å². The number of nitrogen functional groups attached to an aromatic ring is 1. The van der Waals surface area contributed by atoms with Gasteiger partial charge in [-0.05, 0) is 5.56 Å². The zero-order valence-corrected chi connectivity index (χ0v) is 11.6. The van der Waals surface area contributed by atoms with Gasteiger partial charge in [0, 0.05) is 18.9 Å². The van der Waals surface area contributed by atoms with E-state index in [1.165, 1.54) is 5.56 Å². The maximum atomic E-state index is 6.23. The lowest BCUT2D eigenvalue weighted by Crippen LogP contribution is -2.07. The van der Waals surface area contributed by atoms with Gasteiger partial charge in [0.2, 0.25) is 0 Å². The molecule has 2 aromatic rings. The zero-order chi connectivity index (χ0) is 13.8. The highest BCUT2D eigenvalue weighted by atomic mass is 15.1. The Morgan fingerprint density at radius 2 is 2.00 bits per heavy atom. The molecule has 2 N–H and O–H groups in total. The molecule has 0 saturated heterocycles. The van der Waals surface area contributed by atoms with E-state index in [0.717, 1.165) is 23.8 Å². The Hall–Kier alpha value is -2.03. The summed E-state index contributed by atoms with van der Waals surface area (Å²) in [5.74, 6) is 2.14. The van der Waals surface area contributed by atoms with Crippen molar-refractivity contribution in [1.29, 1.82) is 0 Å². The van der Waals surface area contributed by atoms with E-state index in [1.807, 2.05) is 24.3 Å². The van der Waals surface area contributed by atoms with Crippen LogP contribution < -0.4 is 5.73 Å². The van der Waals surface area contributed by atoms with E-state index < -0.39 is 0 Å². The topological polar surface area (TPSA) is 43.8 Å². The van der Waals surface area contributed by atoms with Gasteiger partial charge in [0.05, 0.1) is 5.69 Å². The summed E-state index contributed by atoms with van der Waals surface area (Å²) >= 11 is 0. The number of anilines is 1. The minimum Gasteiger partial charge on any atom is -0.384 e. The van der Waals surface area contributed by atoms with Gasteiger partial charge in [-0.2, -0.15) is 0 Å². The number of benzene rings is 1. The van der Waals surface area contributed by atoms with Crippen LogP contribution in [0.25, 0.3) is 0 Å². The number of allylic oxidation sites excluding steroid dienone is 1. The Balaban J connectivity index is 2.36. The molecule has 0 radical (unpaired) electrons. The van der Waals surface area contributed by atoms with Gasteiger partial charge in [-0.25, -0.2) is 4.98 Å². The molecule has 3 heteroatoms. The van der Waals surface area contributed by atoms with Crippen LogP contribution in [0.2, 0.25) is 0 Å². The largest absolute Gasteiger partial charge is 0.384 e. The average Bonchev–Trinajstić information content (AvgIpc) is 2.70. The molecule has 0 unspecified atom stereocenters. The minimum absolute atomic E-state index is 0.353. The fourth-order valence-corrected chi connectivity index (χ4v) is 2.22. The molecular weight excluding hydrogens is 234 g/mol. The van der Waals surface area contributed by atoms with Gasteiger partial charge in [-0.15, -0.1) is 6.58 Å². The molecule has 0 saturated carbocycles. The molecule has 0 bridgehead atoms. The number of nitrogens with zero attached hydrogens (tertiary/aromatic N) is 2. The summed E-state index contributed by atoms with van der Waals surface area (Å²) in [7, 11) is 0. The lowest BCUT2D eigenvalue weighted by molar-refractivity contribution is 0.684. The normalized spacial score (nSPS) is 10.9. The fourth-order valence-electron chi connectivity index (χ4n) is 2.22. The standard InChI is InChI=1S/C16H21N3/c1-4-10-19-15(17)14(18-16(19)12(2)3)11-13-8-6-5-7-9-13/h4-9,12H,1,10-11,17H2,2-3H3. The molecule has 0 aliphatic heterocycles. The number of hydrogen-bond acceptors (Lipinski definition) is 2. The van der Waals surface area contributed by atoms with Crippen molar-refractivity contribution in [2.24, 2.45) is 0 Å². The third-order valence-electron chi connectivity index (χ3n) is 3.15. The van der Waals surface area contributed by atoms with Gasteiger partial charge in [0.25, 0.3) is 0 Å². The quantitative estimate of drug-likeness (QED) is 0.832. The molecule has 1 aromatic heterocycles. The molecule has 0 atom stereocenters. The predicted octanol–water partition coefficient (Wildman–Crippen LogP) is 3.37. The summed E-state index contributed by atoms with van der Waals surface area (Å²) in [6.07, 6.45) is 2.63. The number of imidazole rings is 1. The molecule has 1 heterocycles. The van der Waals surface area contributed by atoms with E-state index in [-0.39, 0.29) is 0 Å². The third kappa shape index (κ3) is 2.87. The van der Waals surface area contributed by atoms with Gasteiger partial charge >= 0.3 is 0 Å². The van der Waals surface area contributed by atoms with Crippen molar-refractivity contribution in [1.82, 2.24) is 9.55 Å². The molecule has 0 amide bonds. The molecule has 0 aliphatic rings. The van der Waals surface area contributed by atoms with Crippen LogP contribution in [-0.2, 0) is 13.0 Å². The number of rotatable bonds is 5. The van der Waals surface area contributed by atoms with Gasteiger partial charge in [0.15, 0.2) is 0 Å². The number of aromatic nitrogens is 2. The van der Waals surface area contributed by atoms with Gasteiger partial charge < -0.3 is 10.3 Å². The maximum Gasteiger partial charge on any atom is 0.127 e. The maximum absolute atomic E-state index is 6.23. The van der Waals surface area contributed by atoms with E-state index in [2.05, 4.69) is 37.1 Å². The highest BCUT2D eigenvalue weighted by Gasteiger charge is 2.16. The molecule has 0 spiro atoms. The molecule has 3 nitrogen and oxygen atoms in total. The van der Waals surface area contributed by atoms with Gasteiger partial charge in [0.1, 0.15) is 11.6 Å². The molecular formula is C16H21N3. The monoisotopic (exact) mass is 255 g/mol. The molecule has 1 aromatic carbocycles. The Morgan fingerprint density at radius 1 is 1.32 bits per heavy atom. The van der Waals surface area contributed by atoms with Gasteiger partial charge in [-0.3, -0.25) is 0 Å². The Kier molecular flexibility index (Phi) is 4.05. The van der Waals surface area contributed by atoms with Crippen LogP contribution in [0.15, 0.2) is 43.0 Å². The average molecular weight is 255 g/mol. The lowest BCUT2D eigenvalue weighted by Gasteiger charge is -2.09. The third-order valence-corrected chi connectivity index (χ3v) is 3.15. The van der Waals surface area contributed by atoms with E-state index in [4.69, 9.17) is 10.7 Å². The second-order valence-electron chi connectivity index (χ2n) is 5.02. The summed E-state index contributed by atoms with van der Waals surface area (Å²) in [5.41, 5.74) is 8.41. The van der Waals surface area contributed by atoms with Crippen LogP contribution in [0.5, 0.6) is 0 Å². The summed E-state index contributed by atoms with van der Waals surface area (Å²) in [6.45, 7) is 8.76. The van der Waals surface area contributed by atoms with Crippen molar-refractivity contribution in [2.75, 3.05) is 5.73 Å². The predicted molar refractivity (Wildman–Crippen MR) is 80.2 cm³/mol. The van der Waals surface area contributed by atoms with Crippen LogP contribution in [0.3, 0.4) is 0 Å². The van der Waals surface area contributed by atoms with E-state index >= 15 is 0 Å². The summed E-state index contributed by atoms with van der Waals surface area (Å²) < 4.78 is 2.05. The van der Waals surface area contributed by atoms with Crippen LogP contribution in [0, 0.1) is 0 Å². The highest BCUT2D eigenvalue weighted by molar-refractivity contribution is 5.42. The highest BCUT2D eigenvalue weighted by Crippen LogP contribution is 2.23. The second-order valence-corrected chi connectivity index (χ2v) is 5.02. The van der Waals surface area contributed by atoms with Crippen molar-refractivity contribution in [3.8, 4) is 0 Å². The summed E-state index contributed by atoms with van der Waals surface area (Å²) in [5, 5.41) is 0. The zero-order valence-electron chi connectivity index (χ0n) is 11.6. The minimum atomic E-state index is 0.353. The van der Waals surface area contributed by atoms with Gasteiger partial charge in [-0.1, -0.05) is 50.3 Å². The van der Waals surface area contributed by atoms with Crippen LogP contribution >= 0.6 is 0 Å². The van der Waals surface area contributed by atoms with E-state index in [9.17, 15) is 0 Å². The SMILES string of the molecule is C=CCn1c(C(C)C)nc(Cc2ccccc2)c1N. The van der Waals surface area contributed by atoms with E-state index in [1.54, 1.807) is 0 Å². The lowest BCUT2D eigenvalue weighted by atomic mass is 10.1. The van der Waals surface area contributed by atoms with Crippen LogP contribution in [0.1, 0.15) is 36.8 Å². The molecule has 19 heavy (non-hydrogen) atoms. The Bertz CT molecular complexity index is 553. The molecule has 100 valence electrons. The van der Waals surface area contributed by atoms with E-state index in [0.29, 0.717) is 12.5 Å². The first kappa shape index (κ1) is 13.4. The van der Waals surface area contributed by atoms with Crippen molar-refractivity contribution in [2.45, 2.75) is 32.7 Å². The fraction of sp³-hybridized carbons (Fsp3) is 0.312. The molecule has 0 fully saturated rings. The molecule has 0 aliphatic carbocycles. The first-order chi connectivity index (χ1) is 9.13.